The first kappa shape index (κ1) is 14.9. The molecule has 0 radical (unpaired) electrons. The Hall–Kier alpha value is -1.20. The van der Waals surface area contributed by atoms with Crippen LogP contribution < -0.4 is 10.2 Å². The smallest absolute Gasteiger partial charge is 0.225 e. The second-order valence-corrected chi connectivity index (χ2v) is 4.84. The summed E-state index contributed by atoms with van der Waals surface area (Å²) >= 11 is 0. The molecule has 1 heterocycles. The first-order valence-electron chi connectivity index (χ1n) is 6.30. The van der Waals surface area contributed by atoms with Gasteiger partial charge in [0.1, 0.15) is 0 Å². The number of ether oxygens (including phenoxy) is 1. The average molecular weight is 252 g/mol. The Balaban J connectivity index is 2.58. The molecule has 0 aliphatic heterocycles. The molecule has 1 rings (SSSR count). The minimum Gasteiger partial charge on any atom is -0.383 e. The van der Waals surface area contributed by atoms with Crippen LogP contribution in [0.15, 0.2) is 12.4 Å². The minimum absolute atomic E-state index is 0.259. The topological polar surface area (TPSA) is 50.3 Å². The van der Waals surface area contributed by atoms with Crippen molar-refractivity contribution in [2.24, 2.45) is 0 Å². The minimum atomic E-state index is 0.259. The van der Waals surface area contributed by atoms with Crippen molar-refractivity contribution in [1.82, 2.24) is 15.3 Å². The number of hydrogen-bond donors (Lipinski definition) is 1. The molecule has 0 fully saturated rings. The summed E-state index contributed by atoms with van der Waals surface area (Å²) in [6, 6.07) is 0.726. The molecule has 5 nitrogen and oxygen atoms in total. The van der Waals surface area contributed by atoms with Crippen molar-refractivity contribution >= 4 is 5.95 Å². The number of nitrogens with one attached hydrogen (secondary N) is 1. The summed E-state index contributed by atoms with van der Waals surface area (Å²) in [4.78, 5) is 10.8. The van der Waals surface area contributed by atoms with E-state index in [4.69, 9.17) is 4.74 Å². The third-order valence-electron chi connectivity index (χ3n) is 2.79. The highest BCUT2D eigenvalue weighted by Crippen LogP contribution is 2.09. The Labute approximate surface area is 110 Å². The fraction of sp³-hybridized carbons (Fsp3) is 0.692. The van der Waals surface area contributed by atoms with Crippen molar-refractivity contribution in [1.29, 1.82) is 0 Å². The standard InChI is InChI=1S/C13H24N4O/c1-10(2)14-6-12-7-15-13(16-8-12)17(4)11(3)9-18-5/h7-8,10-11,14H,6,9H2,1-5H3. The number of methoxy groups -OCH3 is 1. The maximum Gasteiger partial charge on any atom is 0.225 e. The van der Waals surface area contributed by atoms with Crippen molar-refractivity contribution in [3.8, 4) is 0 Å². The van der Waals surface area contributed by atoms with Crippen molar-refractivity contribution in [3.05, 3.63) is 18.0 Å². The van der Waals surface area contributed by atoms with Gasteiger partial charge in [0.2, 0.25) is 5.95 Å². The third kappa shape index (κ3) is 4.58. The van der Waals surface area contributed by atoms with E-state index in [1.807, 2.05) is 24.3 Å². The van der Waals surface area contributed by atoms with Crippen molar-refractivity contribution in [2.75, 3.05) is 25.7 Å². The molecule has 0 bridgehead atoms. The largest absolute Gasteiger partial charge is 0.383 e. The number of likely N-dealkylation sites (N-methyl/N-ethyl adjacent to an activating group) is 1. The van der Waals surface area contributed by atoms with Gasteiger partial charge in [0, 0.05) is 44.7 Å². The van der Waals surface area contributed by atoms with E-state index in [1.165, 1.54) is 0 Å². The third-order valence-corrected chi connectivity index (χ3v) is 2.79. The molecule has 1 unspecified atom stereocenters. The van der Waals surface area contributed by atoms with Gasteiger partial charge < -0.3 is 15.0 Å². The summed E-state index contributed by atoms with van der Waals surface area (Å²) < 4.78 is 5.13. The van der Waals surface area contributed by atoms with Crippen molar-refractivity contribution in [3.63, 3.8) is 0 Å². The van der Waals surface area contributed by atoms with Gasteiger partial charge in [-0.1, -0.05) is 13.8 Å². The molecule has 1 N–H and O–H groups in total. The monoisotopic (exact) mass is 252 g/mol. The van der Waals surface area contributed by atoms with Crippen LogP contribution in [0.5, 0.6) is 0 Å². The van der Waals surface area contributed by atoms with E-state index >= 15 is 0 Å². The van der Waals surface area contributed by atoms with Crippen LogP contribution in [-0.4, -0.2) is 42.8 Å². The molecule has 0 saturated carbocycles. The van der Waals surface area contributed by atoms with Crippen LogP contribution in [0.3, 0.4) is 0 Å². The van der Waals surface area contributed by atoms with Gasteiger partial charge in [0.05, 0.1) is 12.6 Å². The van der Waals surface area contributed by atoms with Gasteiger partial charge in [-0.15, -0.1) is 0 Å². The highest BCUT2D eigenvalue weighted by molar-refractivity contribution is 5.29. The average Bonchev–Trinajstić information content (AvgIpc) is 2.36. The zero-order valence-electron chi connectivity index (χ0n) is 12.0. The summed E-state index contributed by atoms with van der Waals surface area (Å²) in [7, 11) is 3.68. The van der Waals surface area contributed by atoms with Gasteiger partial charge >= 0.3 is 0 Å². The molecule has 0 aliphatic carbocycles. The number of anilines is 1. The lowest BCUT2D eigenvalue weighted by Gasteiger charge is -2.24. The molecule has 0 aliphatic rings. The lowest BCUT2D eigenvalue weighted by atomic mass is 10.3. The first-order chi connectivity index (χ1) is 8.54. The molecule has 18 heavy (non-hydrogen) atoms. The SMILES string of the molecule is COCC(C)N(C)c1ncc(CNC(C)C)cn1. The molecular weight excluding hydrogens is 228 g/mol. The predicted molar refractivity (Wildman–Crippen MR) is 73.7 cm³/mol. The van der Waals surface area contributed by atoms with Crippen molar-refractivity contribution < 1.29 is 4.74 Å². The molecule has 0 saturated heterocycles. The molecule has 0 amide bonds. The zero-order chi connectivity index (χ0) is 13.5. The summed E-state index contributed by atoms with van der Waals surface area (Å²) in [6.07, 6.45) is 3.74. The molecular formula is C13H24N4O. The number of aromatic nitrogens is 2. The zero-order valence-corrected chi connectivity index (χ0v) is 12.0. The summed E-state index contributed by atoms with van der Waals surface area (Å²) in [5.41, 5.74) is 1.10. The Bertz CT molecular complexity index is 339. The molecule has 0 aromatic carbocycles. The van der Waals surface area contributed by atoms with Gasteiger partial charge in [-0.05, 0) is 6.92 Å². The van der Waals surface area contributed by atoms with Crippen LogP contribution in [0, 0.1) is 0 Å². The maximum absolute atomic E-state index is 5.13. The maximum atomic E-state index is 5.13. The van der Waals surface area contributed by atoms with E-state index in [0.29, 0.717) is 12.6 Å². The predicted octanol–water partition coefficient (Wildman–Crippen LogP) is 1.45. The van der Waals surface area contributed by atoms with E-state index in [2.05, 4.69) is 36.1 Å². The second-order valence-electron chi connectivity index (χ2n) is 4.84. The molecule has 1 atom stereocenters. The normalized spacial score (nSPS) is 12.8. The van der Waals surface area contributed by atoms with Crippen molar-refractivity contribution in [2.45, 2.75) is 39.4 Å². The highest BCUT2D eigenvalue weighted by atomic mass is 16.5. The van der Waals surface area contributed by atoms with E-state index in [1.54, 1.807) is 7.11 Å². The van der Waals surface area contributed by atoms with Gasteiger partial charge in [0.25, 0.3) is 0 Å². The Morgan fingerprint density at radius 3 is 2.39 bits per heavy atom. The second kappa shape index (κ2) is 7.28. The fourth-order valence-electron chi connectivity index (χ4n) is 1.49. The number of hydrogen-bond acceptors (Lipinski definition) is 5. The van der Waals surface area contributed by atoms with E-state index in [0.717, 1.165) is 18.1 Å². The summed E-state index contributed by atoms with van der Waals surface area (Å²) in [5.74, 6) is 0.729. The van der Waals surface area contributed by atoms with Crippen LogP contribution in [0.4, 0.5) is 5.95 Å². The van der Waals surface area contributed by atoms with Gasteiger partial charge in [-0.3, -0.25) is 0 Å². The van der Waals surface area contributed by atoms with Crippen LogP contribution in [0.2, 0.25) is 0 Å². The van der Waals surface area contributed by atoms with E-state index in [9.17, 15) is 0 Å². The van der Waals surface area contributed by atoms with Crippen LogP contribution in [-0.2, 0) is 11.3 Å². The first-order valence-corrected chi connectivity index (χ1v) is 6.30. The number of nitrogens with zero attached hydrogens (tertiary/aromatic N) is 3. The van der Waals surface area contributed by atoms with E-state index in [-0.39, 0.29) is 6.04 Å². The summed E-state index contributed by atoms with van der Waals surface area (Å²) in [6.45, 7) is 7.79. The molecule has 1 aromatic rings. The lowest BCUT2D eigenvalue weighted by molar-refractivity contribution is 0.183. The molecule has 5 heteroatoms. The van der Waals surface area contributed by atoms with Gasteiger partial charge in [-0.2, -0.15) is 0 Å². The quantitative estimate of drug-likeness (QED) is 0.796. The summed E-state index contributed by atoms with van der Waals surface area (Å²) in [5, 5.41) is 3.34. The van der Waals surface area contributed by atoms with Crippen LogP contribution in [0.1, 0.15) is 26.3 Å². The Morgan fingerprint density at radius 2 is 1.89 bits per heavy atom. The molecule has 1 aromatic heterocycles. The van der Waals surface area contributed by atoms with Crippen LogP contribution >= 0.6 is 0 Å². The fourth-order valence-corrected chi connectivity index (χ4v) is 1.49. The van der Waals surface area contributed by atoms with Gasteiger partial charge in [0.15, 0.2) is 0 Å². The molecule has 0 spiro atoms. The molecule has 102 valence electrons. The lowest BCUT2D eigenvalue weighted by Crippen LogP contribution is -2.34. The highest BCUT2D eigenvalue weighted by Gasteiger charge is 2.11. The van der Waals surface area contributed by atoms with E-state index < -0.39 is 0 Å². The Morgan fingerprint density at radius 1 is 1.28 bits per heavy atom. The van der Waals surface area contributed by atoms with Gasteiger partial charge in [-0.25, -0.2) is 9.97 Å². The van der Waals surface area contributed by atoms with Crippen LogP contribution in [0.25, 0.3) is 0 Å². The Kier molecular flexibility index (Phi) is 6.01. The number of rotatable bonds is 7.